The Bertz CT molecular complexity index is 1510. The molecule has 0 fully saturated rings. The number of carbonyl (C=O) groups excluding carboxylic acids is 1. The number of rotatable bonds is 7. The van der Waals surface area contributed by atoms with Crippen LogP contribution in [0.25, 0.3) is 22.1 Å². The lowest BCUT2D eigenvalue weighted by Crippen LogP contribution is -2.24. The summed E-state index contributed by atoms with van der Waals surface area (Å²) in [6, 6.07) is 14.8. The number of nitrogens with one attached hydrogen (secondary N) is 1. The molecule has 5 rings (SSSR count). The zero-order chi connectivity index (χ0) is 22.8. The average Bonchev–Trinajstić information content (AvgIpc) is 3.48. The van der Waals surface area contributed by atoms with Crippen LogP contribution in [-0.2, 0) is 11.3 Å². The summed E-state index contributed by atoms with van der Waals surface area (Å²) in [6.45, 7) is 0.256. The van der Waals surface area contributed by atoms with Crippen molar-refractivity contribution < 1.29 is 13.9 Å². The van der Waals surface area contributed by atoms with Crippen molar-refractivity contribution in [2.75, 3.05) is 18.2 Å². The Hall–Kier alpha value is -3.63. The van der Waals surface area contributed by atoms with Gasteiger partial charge < -0.3 is 14.5 Å². The second kappa shape index (κ2) is 9.08. The van der Waals surface area contributed by atoms with E-state index in [1.54, 1.807) is 24.8 Å². The fourth-order valence-electron chi connectivity index (χ4n) is 3.43. The van der Waals surface area contributed by atoms with E-state index < -0.39 is 0 Å². The number of fused-ring (bicyclic) bond motifs is 3. The van der Waals surface area contributed by atoms with Gasteiger partial charge in [-0.1, -0.05) is 36.0 Å². The molecule has 0 saturated heterocycles. The van der Waals surface area contributed by atoms with Gasteiger partial charge in [0.15, 0.2) is 10.3 Å². The Morgan fingerprint density at radius 1 is 1.24 bits per heavy atom. The molecule has 0 aliphatic carbocycles. The number of nitrogens with zero attached hydrogens (tertiary/aromatic N) is 3. The molecule has 0 unspecified atom stereocenters. The first-order valence-corrected chi connectivity index (χ1v) is 11.9. The molecule has 166 valence electrons. The molecule has 0 atom stereocenters. The number of thioether (sulfide) groups is 1. The number of methoxy groups -OCH3 is 1. The zero-order valence-corrected chi connectivity index (χ0v) is 19.1. The van der Waals surface area contributed by atoms with Crippen molar-refractivity contribution in [2.24, 2.45) is 0 Å². The smallest absolute Gasteiger partial charge is 0.298 e. The molecule has 0 aliphatic heterocycles. The summed E-state index contributed by atoms with van der Waals surface area (Å²) in [5.74, 6) is 0.537. The number of anilines is 1. The van der Waals surface area contributed by atoms with E-state index in [0.29, 0.717) is 27.1 Å². The normalized spacial score (nSPS) is 11.2. The van der Waals surface area contributed by atoms with Crippen LogP contribution in [0.15, 0.2) is 74.5 Å². The summed E-state index contributed by atoms with van der Waals surface area (Å²) < 4.78 is 12.7. The number of benzene rings is 2. The number of furan rings is 1. The van der Waals surface area contributed by atoms with Crippen LogP contribution in [0.2, 0.25) is 0 Å². The SMILES string of the molecule is COc1cccc(Cn2c(SCC(=O)Nc3nccs3)nc3c(oc4ccccc43)c2=O)c1. The lowest BCUT2D eigenvalue weighted by atomic mass is 10.2. The van der Waals surface area contributed by atoms with Gasteiger partial charge in [0.1, 0.15) is 16.8 Å². The number of hydrogen-bond acceptors (Lipinski definition) is 8. The van der Waals surface area contributed by atoms with Crippen LogP contribution in [0.5, 0.6) is 5.75 Å². The van der Waals surface area contributed by atoms with Gasteiger partial charge in [-0.15, -0.1) is 11.3 Å². The van der Waals surface area contributed by atoms with E-state index in [1.165, 1.54) is 27.7 Å². The molecular weight excluding hydrogens is 460 g/mol. The van der Waals surface area contributed by atoms with E-state index in [0.717, 1.165) is 10.9 Å². The monoisotopic (exact) mass is 478 g/mol. The number of para-hydroxylation sites is 1. The molecular formula is C23H18N4O4S2. The van der Waals surface area contributed by atoms with Crippen LogP contribution in [0.1, 0.15) is 5.56 Å². The average molecular weight is 479 g/mol. The lowest BCUT2D eigenvalue weighted by Gasteiger charge is -2.12. The highest BCUT2D eigenvalue weighted by molar-refractivity contribution is 7.99. The summed E-state index contributed by atoms with van der Waals surface area (Å²) in [4.78, 5) is 34.7. The standard InChI is InChI=1S/C23H18N4O4S2/c1-30-15-6-4-5-14(11-15)12-27-21(29)20-19(16-7-2-3-8-17(16)31-20)26-23(27)33-13-18(28)25-22-24-9-10-32-22/h2-11H,12-13H2,1H3,(H,24,25,28). The van der Waals surface area contributed by atoms with E-state index in [4.69, 9.17) is 14.1 Å². The molecule has 8 nitrogen and oxygen atoms in total. The first-order chi connectivity index (χ1) is 16.1. The quantitative estimate of drug-likeness (QED) is 0.274. The molecule has 0 radical (unpaired) electrons. The summed E-state index contributed by atoms with van der Waals surface area (Å²) >= 11 is 2.53. The third-order valence-corrected chi connectivity index (χ3v) is 6.60. The van der Waals surface area contributed by atoms with Crippen LogP contribution in [0, 0.1) is 0 Å². The summed E-state index contributed by atoms with van der Waals surface area (Å²) in [6.07, 6.45) is 1.62. The molecule has 3 heterocycles. The van der Waals surface area contributed by atoms with Gasteiger partial charge in [-0.3, -0.25) is 14.2 Å². The Balaban J connectivity index is 1.55. The Kier molecular flexibility index (Phi) is 5.84. The topological polar surface area (TPSA) is 99.2 Å². The molecule has 33 heavy (non-hydrogen) atoms. The van der Waals surface area contributed by atoms with E-state index in [-0.39, 0.29) is 29.3 Å². The van der Waals surface area contributed by atoms with Crippen molar-refractivity contribution in [3.8, 4) is 5.75 Å². The molecule has 3 aromatic heterocycles. The first kappa shape index (κ1) is 21.2. The maximum absolute atomic E-state index is 13.5. The summed E-state index contributed by atoms with van der Waals surface area (Å²) in [7, 11) is 1.59. The maximum Gasteiger partial charge on any atom is 0.298 e. The van der Waals surface area contributed by atoms with E-state index >= 15 is 0 Å². The minimum absolute atomic E-state index is 0.0748. The minimum Gasteiger partial charge on any atom is -0.497 e. The van der Waals surface area contributed by atoms with Gasteiger partial charge in [-0.05, 0) is 29.8 Å². The van der Waals surface area contributed by atoms with Gasteiger partial charge in [0, 0.05) is 17.0 Å². The van der Waals surface area contributed by atoms with Crippen LogP contribution < -0.4 is 15.6 Å². The second-order valence-corrected chi connectivity index (χ2v) is 8.92. The van der Waals surface area contributed by atoms with Crippen LogP contribution in [0.3, 0.4) is 0 Å². The van der Waals surface area contributed by atoms with Crippen LogP contribution in [0.4, 0.5) is 5.13 Å². The van der Waals surface area contributed by atoms with Crippen molar-refractivity contribution in [1.29, 1.82) is 0 Å². The molecule has 0 saturated carbocycles. The fourth-order valence-corrected chi connectivity index (χ4v) is 4.76. The number of carbonyl (C=O) groups is 1. The molecule has 1 N–H and O–H groups in total. The van der Waals surface area contributed by atoms with Crippen molar-refractivity contribution in [3.63, 3.8) is 0 Å². The van der Waals surface area contributed by atoms with Crippen molar-refractivity contribution in [3.05, 3.63) is 76.0 Å². The molecule has 0 aliphatic rings. The minimum atomic E-state index is -0.304. The van der Waals surface area contributed by atoms with Gasteiger partial charge in [-0.25, -0.2) is 9.97 Å². The third kappa shape index (κ3) is 4.35. The molecule has 0 spiro atoms. The highest BCUT2D eigenvalue weighted by atomic mass is 32.2. The summed E-state index contributed by atoms with van der Waals surface area (Å²) in [5.41, 5.74) is 1.83. The molecule has 5 aromatic rings. The van der Waals surface area contributed by atoms with Gasteiger partial charge in [0.05, 0.1) is 19.4 Å². The third-order valence-electron chi connectivity index (χ3n) is 4.93. The molecule has 0 bridgehead atoms. The number of aromatic nitrogens is 3. The van der Waals surface area contributed by atoms with E-state index in [1.807, 2.05) is 42.5 Å². The van der Waals surface area contributed by atoms with E-state index in [9.17, 15) is 9.59 Å². The second-order valence-electron chi connectivity index (χ2n) is 7.09. The van der Waals surface area contributed by atoms with Crippen LogP contribution >= 0.6 is 23.1 Å². The van der Waals surface area contributed by atoms with Crippen molar-refractivity contribution in [2.45, 2.75) is 11.7 Å². The number of amides is 1. The zero-order valence-electron chi connectivity index (χ0n) is 17.5. The Labute approximate surface area is 196 Å². The molecule has 1 amide bonds. The molecule has 10 heteroatoms. The van der Waals surface area contributed by atoms with Gasteiger partial charge in [0.25, 0.3) is 5.56 Å². The van der Waals surface area contributed by atoms with Crippen molar-refractivity contribution in [1.82, 2.24) is 14.5 Å². The number of ether oxygens (including phenoxy) is 1. The van der Waals surface area contributed by atoms with Gasteiger partial charge >= 0.3 is 0 Å². The lowest BCUT2D eigenvalue weighted by molar-refractivity contribution is -0.113. The van der Waals surface area contributed by atoms with Gasteiger partial charge in [-0.2, -0.15) is 0 Å². The maximum atomic E-state index is 13.5. The summed E-state index contributed by atoms with van der Waals surface area (Å²) in [5, 5.41) is 6.25. The predicted octanol–water partition coefficient (Wildman–Crippen LogP) is 4.39. The predicted molar refractivity (Wildman–Crippen MR) is 129 cm³/mol. The Morgan fingerprint density at radius 2 is 2.12 bits per heavy atom. The largest absolute Gasteiger partial charge is 0.497 e. The first-order valence-electron chi connectivity index (χ1n) is 9.99. The molecule has 2 aromatic carbocycles. The van der Waals surface area contributed by atoms with Crippen molar-refractivity contribution >= 4 is 56.2 Å². The van der Waals surface area contributed by atoms with Gasteiger partial charge in [0.2, 0.25) is 11.5 Å². The Morgan fingerprint density at radius 3 is 2.94 bits per heavy atom. The highest BCUT2D eigenvalue weighted by Crippen LogP contribution is 2.28. The number of hydrogen-bond donors (Lipinski definition) is 1. The number of thiazole rings is 1. The van der Waals surface area contributed by atoms with Crippen LogP contribution in [-0.4, -0.2) is 33.3 Å². The fraction of sp³-hybridized carbons (Fsp3) is 0.130. The van der Waals surface area contributed by atoms with E-state index in [2.05, 4.69) is 10.3 Å². The highest BCUT2D eigenvalue weighted by Gasteiger charge is 2.19.